The molecule has 2 aromatic rings. The van der Waals surface area contributed by atoms with Gasteiger partial charge < -0.3 is 10.4 Å². The molecule has 2 N–H and O–H groups in total. The predicted octanol–water partition coefficient (Wildman–Crippen LogP) is 3.68. The van der Waals surface area contributed by atoms with Crippen molar-refractivity contribution in [1.29, 1.82) is 0 Å². The van der Waals surface area contributed by atoms with Gasteiger partial charge in [-0.05, 0) is 36.1 Å². The smallest absolute Gasteiger partial charge is 0.300 e. The molecular formula is C18H23NO2. The van der Waals surface area contributed by atoms with Crippen LogP contribution in [0.5, 0.6) is 0 Å². The van der Waals surface area contributed by atoms with Crippen LogP contribution in [-0.4, -0.2) is 11.1 Å². The van der Waals surface area contributed by atoms with Gasteiger partial charge >= 0.3 is 0 Å². The summed E-state index contributed by atoms with van der Waals surface area (Å²) in [6.07, 6.45) is 0. The lowest BCUT2D eigenvalue weighted by atomic mass is 10.1. The molecule has 3 nitrogen and oxygen atoms in total. The van der Waals surface area contributed by atoms with Crippen LogP contribution in [0, 0.1) is 13.8 Å². The summed E-state index contributed by atoms with van der Waals surface area (Å²) in [6.45, 7) is 7.26. The molecule has 21 heavy (non-hydrogen) atoms. The summed E-state index contributed by atoms with van der Waals surface area (Å²) in [4.78, 5) is 9.00. The number of carbonyl (C=O) groups is 1. The maximum Gasteiger partial charge on any atom is 0.300 e. The van der Waals surface area contributed by atoms with Crippen molar-refractivity contribution in [3.63, 3.8) is 0 Å². The minimum atomic E-state index is -0.833. The van der Waals surface area contributed by atoms with Crippen LogP contribution in [-0.2, 0) is 17.9 Å². The zero-order valence-corrected chi connectivity index (χ0v) is 12.9. The van der Waals surface area contributed by atoms with E-state index >= 15 is 0 Å². The summed E-state index contributed by atoms with van der Waals surface area (Å²) in [5.41, 5.74) is 5.46. The van der Waals surface area contributed by atoms with Gasteiger partial charge in [-0.1, -0.05) is 48.5 Å². The van der Waals surface area contributed by atoms with Crippen molar-refractivity contribution < 1.29 is 9.90 Å². The second kappa shape index (κ2) is 8.93. The fourth-order valence-corrected chi connectivity index (χ4v) is 1.95. The topological polar surface area (TPSA) is 49.3 Å². The number of aliphatic carboxylic acids is 1. The van der Waals surface area contributed by atoms with E-state index in [1.54, 1.807) is 0 Å². The van der Waals surface area contributed by atoms with Crippen molar-refractivity contribution in [3.8, 4) is 0 Å². The second-order valence-electron chi connectivity index (χ2n) is 4.98. The van der Waals surface area contributed by atoms with Crippen molar-refractivity contribution in [2.45, 2.75) is 33.9 Å². The largest absolute Gasteiger partial charge is 0.481 e. The first kappa shape index (κ1) is 16.9. The Morgan fingerprint density at radius 3 is 1.57 bits per heavy atom. The summed E-state index contributed by atoms with van der Waals surface area (Å²) in [7, 11) is 0. The first-order valence-corrected chi connectivity index (χ1v) is 7.00. The lowest BCUT2D eigenvalue weighted by Crippen LogP contribution is -2.14. The summed E-state index contributed by atoms with van der Waals surface area (Å²) in [5, 5.41) is 10.9. The van der Waals surface area contributed by atoms with Gasteiger partial charge in [-0.3, -0.25) is 4.79 Å². The van der Waals surface area contributed by atoms with Gasteiger partial charge in [-0.2, -0.15) is 0 Å². The molecule has 0 aliphatic heterocycles. The quantitative estimate of drug-likeness (QED) is 0.901. The zero-order chi connectivity index (χ0) is 15.7. The lowest BCUT2D eigenvalue weighted by Gasteiger charge is -2.09. The molecular weight excluding hydrogens is 262 g/mol. The Morgan fingerprint density at radius 2 is 1.24 bits per heavy atom. The minimum Gasteiger partial charge on any atom is -0.481 e. The van der Waals surface area contributed by atoms with E-state index in [9.17, 15) is 0 Å². The highest BCUT2D eigenvalue weighted by molar-refractivity contribution is 5.62. The Labute approximate surface area is 126 Å². The summed E-state index contributed by atoms with van der Waals surface area (Å²) >= 11 is 0. The Balaban J connectivity index is 0.000000491. The Kier molecular flexibility index (Phi) is 7.19. The number of carboxylic acid groups (broad SMARTS) is 1. The number of hydrogen-bond donors (Lipinski definition) is 2. The molecule has 0 heterocycles. The molecule has 0 unspecified atom stereocenters. The molecule has 0 radical (unpaired) electrons. The van der Waals surface area contributed by atoms with E-state index in [1.807, 2.05) is 0 Å². The standard InChI is InChI=1S/C16H19N.C2H4O2/c1-13-7-3-5-9-15(13)11-17-12-16-10-6-4-8-14(16)2;1-2(3)4/h3-10,17H,11-12H2,1-2H3;1H3,(H,3,4). The van der Waals surface area contributed by atoms with Gasteiger partial charge in [0.15, 0.2) is 0 Å². The van der Waals surface area contributed by atoms with Crippen molar-refractivity contribution in [1.82, 2.24) is 5.32 Å². The maximum absolute atomic E-state index is 9.00. The van der Waals surface area contributed by atoms with Gasteiger partial charge in [0.1, 0.15) is 0 Å². The zero-order valence-electron chi connectivity index (χ0n) is 12.9. The number of nitrogens with one attached hydrogen (secondary N) is 1. The van der Waals surface area contributed by atoms with E-state index in [0.29, 0.717) is 0 Å². The van der Waals surface area contributed by atoms with Crippen molar-refractivity contribution >= 4 is 5.97 Å². The molecule has 0 spiro atoms. The van der Waals surface area contributed by atoms with Gasteiger partial charge in [0.25, 0.3) is 5.97 Å². The van der Waals surface area contributed by atoms with Gasteiger partial charge in [-0.15, -0.1) is 0 Å². The second-order valence-corrected chi connectivity index (χ2v) is 4.98. The van der Waals surface area contributed by atoms with Gasteiger partial charge in [0.05, 0.1) is 0 Å². The summed E-state index contributed by atoms with van der Waals surface area (Å²) < 4.78 is 0. The molecule has 0 fully saturated rings. The van der Waals surface area contributed by atoms with E-state index in [4.69, 9.17) is 9.90 Å². The Hall–Kier alpha value is -2.13. The molecule has 0 aliphatic rings. The van der Waals surface area contributed by atoms with E-state index in [-0.39, 0.29) is 0 Å². The molecule has 0 aliphatic carbocycles. The molecule has 2 aromatic carbocycles. The van der Waals surface area contributed by atoms with Crippen LogP contribution < -0.4 is 5.32 Å². The van der Waals surface area contributed by atoms with Crippen LogP contribution in [0.25, 0.3) is 0 Å². The average Bonchev–Trinajstić information content (AvgIpc) is 2.42. The molecule has 0 saturated carbocycles. The number of hydrogen-bond acceptors (Lipinski definition) is 2. The van der Waals surface area contributed by atoms with Crippen LogP contribution in [0.2, 0.25) is 0 Å². The first-order chi connectivity index (χ1) is 10.0. The van der Waals surface area contributed by atoms with Gasteiger partial charge in [0.2, 0.25) is 0 Å². The summed E-state index contributed by atoms with van der Waals surface area (Å²) in [6, 6.07) is 17.0. The molecule has 3 heteroatoms. The third-order valence-corrected chi connectivity index (χ3v) is 3.15. The number of rotatable bonds is 4. The SMILES string of the molecule is CC(=O)O.Cc1ccccc1CNCc1ccccc1C. The van der Waals surface area contributed by atoms with Crippen molar-refractivity contribution in [2.75, 3.05) is 0 Å². The number of aryl methyl sites for hydroxylation is 2. The van der Waals surface area contributed by atoms with E-state index in [0.717, 1.165) is 20.0 Å². The van der Waals surface area contributed by atoms with Crippen molar-refractivity contribution in [3.05, 3.63) is 70.8 Å². The highest BCUT2D eigenvalue weighted by Gasteiger charge is 1.98. The third-order valence-electron chi connectivity index (χ3n) is 3.15. The highest BCUT2D eigenvalue weighted by Crippen LogP contribution is 2.09. The molecule has 0 saturated heterocycles. The molecule has 0 amide bonds. The first-order valence-electron chi connectivity index (χ1n) is 7.00. The Bertz CT molecular complexity index is 529. The monoisotopic (exact) mass is 285 g/mol. The molecule has 0 atom stereocenters. The maximum atomic E-state index is 9.00. The van der Waals surface area contributed by atoms with Gasteiger partial charge in [0, 0.05) is 20.0 Å². The normalized spacial score (nSPS) is 9.67. The van der Waals surface area contributed by atoms with Crippen LogP contribution in [0.15, 0.2) is 48.5 Å². The third kappa shape index (κ3) is 6.72. The molecule has 2 rings (SSSR count). The fourth-order valence-electron chi connectivity index (χ4n) is 1.95. The van der Waals surface area contributed by atoms with E-state index in [2.05, 4.69) is 67.7 Å². The predicted molar refractivity (Wildman–Crippen MR) is 86.2 cm³/mol. The minimum absolute atomic E-state index is 0.833. The highest BCUT2D eigenvalue weighted by atomic mass is 16.4. The van der Waals surface area contributed by atoms with Crippen LogP contribution >= 0.6 is 0 Å². The van der Waals surface area contributed by atoms with Crippen LogP contribution in [0.4, 0.5) is 0 Å². The summed E-state index contributed by atoms with van der Waals surface area (Å²) in [5.74, 6) is -0.833. The van der Waals surface area contributed by atoms with Crippen molar-refractivity contribution in [2.24, 2.45) is 0 Å². The van der Waals surface area contributed by atoms with E-state index < -0.39 is 5.97 Å². The van der Waals surface area contributed by atoms with Crippen LogP contribution in [0.3, 0.4) is 0 Å². The number of carboxylic acids is 1. The average molecular weight is 285 g/mol. The van der Waals surface area contributed by atoms with Gasteiger partial charge in [-0.25, -0.2) is 0 Å². The Morgan fingerprint density at radius 1 is 0.905 bits per heavy atom. The molecule has 0 bridgehead atoms. The van der Waals surface area contributed by atoms with E-state index in [1.165, 1.54) is 22.3 Å². The van der Waals surface area contributed by atoms with Crippen LogP contribution in [0.1, 0.15) is 29.2 Å². The lowest BCUT2D eigenvalue weighted by molar-refractivity contribution is -0.134. The molecule has 112 valence electrons. The molecule has 0 aromatic heterocycles. The number of benzene rings is 2. The fraction of sp³-hybridized carbons (Fsp3) is 0.278.